The van der Waals surface area contributed by atoms with Crippen molar-refractivity contribution in [2.24, 2.45) is 0 Å². The van der Waals surface area contributed by atoms with Crippen LogP contribution in [0.3, 0.4) is 0 Å². The fourth-order valence-corrected chi connectivity index (χ4v) is 5.02. The van der Waals surface area contributed by atoms with Crippen molar-refractivity contribution in [3.05, 3.63) is 83.4 Å². The zero-order valence-corrected chi connectivity index (χ0v) is 17.2. The molecule has 3 aromatic rings. The van der Waals surface area contributed by atoms with E-state index in [2.05, 4.69) is 5.32 Å². The van der Waals surface area contributed by atoms with Gasteiger partial charge in [0, 0.05) is 12.6 Å². The molecule has 6 nitrogen and oxygen atoms in total. The monoisotopic (exact) mass is 444 g/mol. The lowest BCUT2D eigenvalue weighted by atomic mass is 10.1. The lowest BCUT2D eigenvalue weighted by Crippen LogP contribution is -2.29. The number of carbonyl (C=O) groups is 1. The molecule has 0 radical (unpaired) electrons. The summed E-state index contributed by atoms with van der Waals surface area (Å²) in [6.07, 6.45) is 0.586. The number of anilines is 2. The summed E-state index contributed by atoms with van der Waals surface area (Å²) >= 11 is 0. The first-order chi connectivity index (χ1) is 14.8. The molecule has 1 aliphatic heterocycles. The molecule has 0 unspecified atom stereocenters. The number of fused-ring (bicyclic) bond motifs is 1. The Kier molecular flexibility index (Phi) is 5.36. The van der Waals surface area contributed by atoms with E-state index in [1.165, 1.54) is 29.6 Å². The number of hydrogen-bond acceptors (Lipinski definition) is 4. The fourth-order valence-electron chi connectivity index (χ4n) is 3.49. The van der Waals surface area contributed by atoms with E-state index < -0.39 is 27.6 Å². The van der Waals surface area contributed by atoms with Gasteiger partial charge in [-0.1, -0.05) is 18.2 Å². The van der Waals surface area contributed by atoms with E-state index in [1.54, 1.807) is 12.1 Å². The van der Waals surface area contributed by atoms with Crippen LogP contribution in [0.1, 0.15) is 15.9 Å². The van der Waals surface area contributed by atoms with Gasteiger partial charge in [-0.05, 0) is 48.4 Å². The number of ether oxygens (including phenoxy) is 1. The Hall–Kier alpha value is -3.46. The van der Waals surface area contributed by atoms with Crippen molar-refractivity contribution in [3.63, 3.8) is 0 Å². The third kappa shape index (κ3) is 3.84. The molecule has 1 amide bonds. The second kappa shape index (κ2) is 7.99. The van der Waals surface area contributed by atoms with Crippen LogP contribution in [-0.4, -0.2) is 28.0 Å². The highest BCUT2D eigenvalue weighted by Crippen LogP contribution is 2.34. The summed E-state index contributed by atoms with van der Waals surface area (Å²) in [6.45, 7) is 0.288. The van der Waals surface area contributed by atoms with Gasteiger partial charge in [0.1, 0.15) is 17.4 Å². The van der Waals surface area contributed by atoms with E-state index in [-0.39, 0.29) is 28.4 Å². The third-order valence-electron chi connectivity index (χ3n) is 5.03. The zero-order valence-electron chi connectivity index (χ0n) is 16.4. The second-order valence-corrected chi connectivity index (χ2v) is 8.76. The Morgan fingerprint density at radius 1 is 1.06 bits per heavy atom. The van der Waals surface area contributed by atoms with Crippen LogP contribution in [-0.2, 0) is 16.4 Å². The molecular formula is C22H18F2N2O4S. The van der Waals surface area contributed by atoms with Gasteiger partial charge in [0.25, 0.3) is 15.9 Å². The molecule has 3 aromatic carbocycles. The van der Waals surface area contributed by atoms with Crippen LogP contribution in [0.15, 0.2) is 65.6 Å². The molecule has 1 N–H and O–H groups in total. The Balaban J connectivity index is 1.70. The first kappa shape index (κ1) is 20.8. The van der Waals surface area contributed by atoms with E-state index in [0.29, 0.717) is 18.2 Å². The van der Waals surface area contributed by atoms with E-state index in [4.69, 9.17) is 4.74 Å². The van der Waals surface area contributed by atoms with Crippen LogP contribution in [0.4, 0.5) is 20.2 Å². The Morgan fingerprint density at radius 3 is 2.58 bits per heavy atom. The summed E-state index contributed by atoms with van der Waals surface area (Å²) in [7, 11) is -2.62. The number of sulfonamides is 1. The quantitative estimate of drug-likeness (QED) is 0.646. The molecule has 0 aliphatic carbocycles. The summed E-state index contributed by atoms with van der Waals surface area (Å²) in [5, 5.41) is 2.32. The largest absolute Gasteiger partial charge is 0.496 e. The van der Waals surface area contributed by atoms with Crippen LogP contribution in [0.5, 0.6) is 5.75 Å². The molecule has 160 valence electrons. The molecular weight excluding hydrogens is 426 g/mol. The van der Waals surface area contributed by atoms with Gasteiger partial charge in [-0.25, -0.2) is 17.2 Å². The predicted molar refractivity (Wildman–Crippen MR) is 112 cm³/mol. The topological polar surface area (TPSA) is 75.7 Å². The fraction of sp³-hybridized carbons (Fsp3) is 0.136. The lowest BCUT2D eigenvalue weighted by molar-refractivity contribution is 0.102. The van der Waals surface area contributed by atoms with Crippen LogP contribution < -0.4 is 14.4 Å². The minimum atomic E-state index is -3.95. The average Bonchev–Trinajstić information content (AvgIpc) is 3.20. The summed E-state index contributed by atoms with van der Waals surface area (Å²) in [4.78, 5) is 12.7. The van der Waals surface area contributed by atoms with Crippen molar-refractivity contribution in [2.45, 2.75) is 11.3 Å². The van der Waals surface area contributed by atoms with E-state index in [1.807, 2.05) is 12.1 Å². The van der Waals surface area contributed by atoms with Crippen molar-refractivity contribution in [2.75, 3.05) is 23.3 Å². The van der Waals surface area contributed by atoms with Crippen molar-refractivity contribution in [1.82, 2.24) is 0 Å². The predicted octanol–water partition coefficient (Wildman–Crippen LogP) is 3.98. The number of nitrogens with zero attached hydrogens (tertiary/aromatic N) is 1. The van der Waals surface area contributed by atoms with E-state index >= 15 is 0 Å². The molecule has 0 fully saturated rings. The minimum absolute atomic E-state index is 0.0974. The van der Waals surface area contributed by atoms with Crippen LogP contribution in [0, 0.1) is 11.6 Å². The van der Waals surface area contributed by atoms with Crippen LogP contribution in [0.25, 0.3) is 0 Å². The molecule has 0 spiro atoms. The lowest BCUT2D eigenvalue weighted by Gasteiger charge is -2.20. The number of para-hydroxylation sites is 1. The number of carbonyl (C=O) groups excluding carboxylic acids is 1. The molecule has 0 saturated heterocycles. The van der Waals surface area contributed by atoms with Gasteiger partial charge in [-0.2, -0.15) is 0 Å². The molecule has 0 bridgehead atoms. The van der Waals surface area contributed by atoms with Crippen LogP contribution >= 0.6 is 0 Å². The van der Waals surface area contributed by atoms with Gasteiger partial charge >= 0.3 is 0 Å². The van der Waals surface area contributed by atoms with Gasteiger partial charge in [-0.3, -0.25) is 9.10 Å². The first-order valence-corrected chi connectivity index (χ1v) is 10.8. The highest BCUT2D eigenvalue weighted by atomic mass is 32.2. The maximum Gasteiger partial charge on any atom is 0.264 e. The smallest absolute Gasteiger partial charge is 0.264 e. The minimum Gasteiger partial charge on any atom is -0.496 e. The Morgan fingerprint density at radius 2 is 1.84 bits per heavy atom. The van der Waals surface area contributed by atoms with E-state index in [0.717, 1.165) is 17.7 Å². The van der Waals surface area contributed by atoms with Crippen LogP contribution in [0.2, 0.25) is 0 Å². The van der Waals surface area contributed by atoms with Gasteiger partial charge in [0.05, 0.1) is 28.9 Å². The van der Waals surface area contributed by atoms with Crippen molar-refractivity contribution < 1.29 is 26.7 Å². The molecule has 9 heteroatoms. The zero-order chi connectivity index (χ0) is 22.2. The average molecular weight is 444 g/mol. The number of amides is 1. The summed E-state index contributed by atoms with van der Waals surface area (Å²) < 4.78 is 60.1. The molecule has 0 aromatic heterocycles. The summed E-state index contributed by atoms with van der Waals surface area (Å²) in [5.74, 6) is -2.42. The summed E-state index contributed by atoms with van der Waals surface area (Å²) in [5.41, 5.74) is 1.18. The Labute approximate surface area is 178 Å². The number of benzene rings is 3. The standard InChI is InChI=1S/C22H18F2N2O4S/c1-30-21-9-7-16(31(28,29)26-11-10-14-4-2-3-5-20(14)26)13-17(21)22(27)25-19-8-6-15(23)12-18(19)24/h2-9,12-13H,10-11H2,1H3,(H,25,27). The maximum absolute atomic E-state index is 13.9. The Bertz CT molecular complexity index is 1280. The number of nitrogens with one attached hydrogen (secondary N) is 1. The van der Waals surface area contributed by atoms with Crippen molar-refractivity contribution >= 4 is 27.3 Å². The van der Waals surface area contributed by atoms with Gasteiger partial charge in [0.15, 0.2) is 0 Å². The van der Waals surface area contributed by atoms with Crippen molar-refractivity contribution in [3.8, 4) is 5.75 Å². The molecule has 0 saturated carbocycles. The van der Waals surface area contributed by atoms with E-state index in [9.17, 15) is 22.0 Å². The molecule has 1 heterocycles. The maximum atomic E-state index is 13.9. The third-order valence-corrected chi connectivity index (χ3v) is 6.84. The second-order valence-electron chi connectivity index (χ2n) is 6.90. The summed E-state index contributed by atoms with van der Waals surface area (Å²) in [6, 6.07) is 13.8. The molecule has 31 heavy (non-hydrogen) atoms. The molecule has 4 rings (SSSR count). The first-order valence-electron chi connectivity index (χ1n) is 9.36. The van der Waals surface area contributed by atoms with Crippen molar-refractivity contribution in [1.29, 1.82) is 0 Å². The SMILES string of the molecule is COc1ccc(S(=O)(=O)N2CCc3ccccc32)cc1C(=O)Nc1ccc(F)cc1F. The normalized spacial score (nSPS) is 13.1. The van der Waals surface area contributed by atoms with Gasteiger partial charge in [0.2, 0.25) is 0 Å². The number of halogens is 2. The molecule has 0 atom stereocenters. The number of hydrogen-bond donors (Lipinski definition) is 1. The van der Waals surface area contributed by atoms with Gasteiger partial charge in [-0.15, -0.1) is 0 Å². The highest BCUT2D eigenvalue weighted by molar-refractivity contribution is 7.92. The highest BCUT2D eigenvalue weighted by Gasteiger charge is 2.31. The van der Waals surface area contributed by atoms with Gasteiger partial charge < -0.3 is 10.1 Å². The number of methoxy groups -OCH3 is 1. The number of rotatable bonds is 5. The molecule has 1 aliphatic rings.